The SMILES string of the molecule is CCOc1cc(Br)c(F)cc1CC#N. The number of ether oxygens (including phenoxy) is 1. The molecule has 0 radical (unpaired) electrons. The van der Waals surface area contributed by atoms with Crippen molar-refractivity contribution >= 4 is 15.9 Å². The highest BCUT2D eigenvalue weighted by Crippen LogP contribution is 2.27. The summed E-state index contributed by atoms with van der Waals surface area (Å²) in [5.41, 5.74) is 0.579. The van der Waals surface area contributed by atoms with Gasteiger partial charge >= 0.3 is 0 Å². The monoisotopic (exact) mass is 257 g/mol. The Morgan fingerprint density at radius 2 is 2.29 bits per heavy atom. The lowest BCUT2D eigenvalue weighted by Gasteiger charge is -2.08. The van der Waals surface area contributed by atoms with E-state index in [1.807, 2.05) is 13.0 Å². The maximum atomic E-state index is 13.1. The first-order valence-corrected chi connectivity index (χ1v) is 4.96. The zero-order valence-electron chi connectivity index (χ0n) is 7.68. The van der Waals surface area contributed by atoms with Gasteiger partial charge in [-0.25, -0.2) is 4.39 Å². The van der Waals surface area contributed by atoms with E-state index in [-0.39, 0.29) is 12.2 Å². The number of nitrogens with zero attached hydrogens (tertiary/aromatic N) is 1. The van der Waals surface area contributed by atoms with Gasteiger partial charge in [-0.15, -0.1) is 0 Å². The van der Waals surface area contributed by atoms with Crippen LogP contribution in [-0.2, 0) is 6.42 Å². The summed E-state index contributed by atoms with van der Waals surface area (Å²) in [6, 6.07) is 4.83. The van der Waals surface area contributed by atoms with Crippen molar-refractivity contribution in [3.63, 3.8) is 0 Å². The largest absolute Gasteiger partial charge is 0.494 e. The Labute approximate surface area is 90.4 Å². The molecule has 1 aromatic rings. The van der Waals surface area contributed by atoms with Crippen molar-refractivity contribution in [1.82, 2.24) is 0 Å². The van der Waals surface area contributed by atoms with E-state index in [0.717, 1.165) is 0 Å². The molecule has 0 N–H and O–H groups in total. The van der Waals surface area contributed by atoms with Crippen LogP contribution in [0.15, 0.2) is 16.6 Å². The molecule has 14 heavy (non-hydrogen) atoms. The van der Waals surface area contributed by atoms with Gasteiger partial charge in [0.2, 0.25) is 0 Å². The lowest BCUT2D eigenvalue weighted by atomic mass is 10.1. The van der Waals surface area contributed by atoms with Crippen molar-refractivity contribution in [2.24, 2.45) is 0 Å². The Hall–Kier alpha value is -1.08. The fourth-order valence-electron chi connectivity index (χ4n) is 1.08. The van der Waals surface area contributed by atoms with Crippen LogP contribution >= 0.6 is 15.9 Å². The van der Waals surface area contributed by atoms with Crippen LogP contribution in [0.1, 0.15) is 12.5 Å². The molecule has 0 fully saturated rings. The van der Waals surface area contributed by atoms with Crippen LogP contribution in [0.5, 0.6) is 5.75 Å². The molecule has 4 heteroatoms. The smallest absolute Gasteiger partial charge is 0.137 e. The number of hydrogen-bond acceptors (Lipinski definition) is 2. The Balaban J connectivity index is 3.11. The first-order valence-electron chi connectivity index (χ1n) is 4.16. The maximum absolute atomic E-state index is 13.1. The molecule has 2 nitrogen and oxygen atoms in total. The van der Waals surface area contributed by atoms with E-state index in [0.29, 0.717) is 22.4 Å². The Morgan fingerprint density at radius 3 is 2.86 bits per heavy atom. The lowest BCUT2D eigenvalue weighted by Crippen LogP contribution is -1.97. The molecule has 0 spiro atoms. The fraction of sp³-hybridized carbons (Fsp3) is 0.300. The van der Waals surface area contributed by atoms with Gasteiger partial charge in [-0.1, -0.05) is 0 Å². The molecular weight excluding hydrogens is 249 g/mol. The van der Waals surface area contributed by atoms with Crippen molar-refractivity contribution in [3.8, 4) is 11.8 Å². The van der Waals surface area contributed by atoms with Gasteiger partial charge in [-0.05, 0) is 35.0 Å². The van der Waals surface area contributed by atoms with Gasteiger partial charge < -0.3 is 4.74 Å². The first-order chi connectivity index (χ1) is 6.69. The number of benzene rings is 1. The Kier molecular flexibility index (Phi) is 3.90. The summed E-state index contributed by atoms with van der Waals surface area (Å²) in [4.78, 5) is 0. The van der Waals surface area contributed by atoms with E-state index in [1.54, 1.807) is 6.07 Å². The van der Waals surface area contributed by atoms with Crippen LogP contribution in [0.2, 0.25) is 0 Å². The van der Waals surface area contributed by atoms with Gasteiger partial charge in [0, 0.05) is 5.56 Å². The summed E-state index contributed by atoms with van der Waals surface area (Å²) in [5.74, 6) is 0.182. The van der Waals surface area contributed by atoms with Crippen molar-refractivity contribution in [1.29, 1.82) is 5.26 Å². The molecule has 0 saturated carbocycles. The van der Waals surface area contributed by atoms with Crippen molar-refractivity contribution in [2.75, 3.05) is 6.61 Å². The molecule has 0 unspecified atom stereocenters. The van der Waals surface area contributed by atoms with E-state index in [9.17, 15) is 4.39 Å². The van der Waals surface area contributed by atoms with Crippen LogP contribution in [0, 0.1) is 17.1 Å². The average molecular weight is 258 g/mol. The van der Waals surface area contributed by atoms with Crippen LogP contribution in [0.4, 0.5) is 4.39 Å². The van der Waals surface area contributed by atoms with Gasteiger partial charge in [0.25, 0.3) is 0 Å². The van der Waals surface area contributed by atoms with E-state index >= 15 is 0 Å². The average Bonchev–Trinajstić information content (AvgIpc) is 2.14. The first kappa shape index (κ1) is 11.0. The second-order valence-corrected chi connectivity index (χ2v) is 3.50. The molecule has 0 aromatic heterocycles. The van der Waals surface area contributed by atoms with Gasteiger partial charge in [0.05, 0.1) is 23.6 Å². The molecule has 1 aromatic carbocycles. The molecule has 0 aliphatic carbocycles. The molecule has 74 valence electrons. The summed E-state index contributed by atoms with van der Waals surface area (Å²) < 4.78 is 18.7. The minimum atomic E-state index is -0.376. The third-order valence-electron chi connectivity index (χ3n) is 1.67. The van der Waals surface area contributed by atoms with E-state index in [1.165, 1.54) is 6.07 Å². The van der Waals surface area contributed by atoms with Gasteiger partial charge in [0.1, 0.15) is 11.6 Å². The summed E-state index contributed by atoms with van der Waals surface area (Å²) in [5, 5.41) is 8.53. The zero-order chi connectivity index (χ0) is 10.6. The molecule has 0 saturated heterocycles. The third-order valence-corrected chi connectivity index (χ3v) is 2.28. The summed E-state index contributed by atoms with van der Waals surface area (Å²) >= 11 is 3.06. The highest BCUT2D eigenvalue weighted by Gasteiger charge is 2.08. The fourth-order valence-corrected chi connectivity index (χ4v) is 1.41. The van der Waals surface area contributed by atoms with Crippen molar-refractivity contribution < 1.29 is 9.13 Å². The van der Waals surface area contributed by atoms with Crippen LogP contribution in [0.25, 0.3) is 0 Å². The predicted molar refractivity (Wildman–Crippen MR) is 54.6 cm³/mol. The van der Waals surface area contributed by atoms with E-state index < -0.39 is 0 Å². The lowest BCUT2D eigenvalue weighted by molar-refractivity contribution is 0.336. The number of rotatable bonds is 3. The summed E-state index contributed by atoms with van der Waals surface area (Å²) in [7, 11) is 0. The normalized spacial score (nSPS) is 9.57. The Bertz CT molecular complexity index is 373. The van der Waals surface area contributed by atoms with Crippen molar-refractivity contribution in [2.45, 2.75) is 13.3 Å². The molecule has 0 amide bonds. The topological polar surface area (TPSA) is 33.0 Å². The van der Waals surface area contributed by atoms with Crippen LogP contribution < -0.4 is 4.74 Å². The van der Waals surface area contributed by atoms with Crippen molar-refractivity contribution in [3.05, 3.63) is 28.0 Å². The highest BCUT2D eigenvalue weighted by molar-refractivity contribution is 9.10. The molecule has 0 bridgehead atoms. The number of nitriles is 1. The van der Waals surface area contributed by atoms with Gasteiger partial charge in [-0.2, -0.15) is 5.26 Å². The standard InChI is InChI=1S/C10H9BrFNO/c1-2-14-10-6-8(11)9(12)5-7(10)3-4-13/h5-6H,2-3H2,1H3. The molecule has 0 aliphatic heterocycles. The molecule has 0 heterocycles. The molecular formula is C10H9BrFNO. The highest BCUT2D eigenvalue weighted by atomic mass is 79.9. The maximum Gasteiger partial charge on any atom is 0.137 e. The quantitative estimate of drug-likeness (QED) is 0.834. The second-order valence-electron chi connectivity index (χ2n) is 2.64. The van der Waals surface area contributed by atoms with E-state index in [2.05, 4.69) is 15.9 Å². The van der Waals surface area contributed by atoms with Crippen LogP contribution in [-0.4, -0.2) is 6.61 Å². The zero-order valence-corrected chi connectivity index (χ0v) is 9.27. The van der Waals surface area contributed by atoms with Crippen LogP contribution in [0.3, 0.4) is 0 Å². The predicted octanol–water partition coefficient (Wildman–Crippen LogP) is 3.05. The third kappa shape index (κ3) is 2.46. The minimum Gasteiger partial charge on any atom is -0.494 e. The molecule has 0 atom stereocenters. The molecule has 1 rings (SSSR count). The van der Waals surface area contributed by atoms with Gasteiger partial charge in [-0.3, -0.25) is 0 Å². The minimum absolute atomic E-state index is 0.152. The summed E-state index contributed by atoms with van der Waals surface area (Å²) in [6.45, 7) is 2.34. The van der Waals surface area contributed by atoms with E-state index in [4.69, 9.17) is 10.00 Å². The van der Waals surface area contributed by atoms with Gasteiger partial charge in [0.15, 0.2) is 0 Å². The number of halogens is 2. The Morgan fingerprint density at radius 1 is 1.57 bits per heavy atom. The summed E-state index contributed by atoms with van der Waals surface area (Å²) in [6.07, 6.45) is 0.152. The second kappa shape index (κ2) is 4.97. The molecule has 0 aliphatic rings. The number of hydrogen-bond donors (Lipinski definition) is 0.